The number of aromatic hydroxyl groups is 1. The van der Waals surface area contributed by atoms with Crippen molar-refractivity contribution in [3.63, 3.8) is 0 Å². The van der Waals surface area contributed by atoms with Gasteiger partial charge < -0.3 is 24.4 Å². The topological polar surface area (TPSA) is 70.1 Å². The molecule has 0 bridgehead atoms. The molecular formula is C30H46N2O4. The maximum absolute atomic E-state index is 11.5. The maximum atomic E-state index is 11.5. The largest absolute Gasteiger partial charge is 0.508 e. The summed E-state index contributed by atoms with van der Waals surface area (Å²) in [7, 11) is 7.39. The molecule has 0 amide bonds. The quantitative estimate of drug-likeness (QED) is 0.348. The van der Waals surface area contributed by atoms with E-state index in [1.807, 2.05) is 63.9 Å². The number of phenolic OH excluding ortho intramolecular Hbond substituents is 1. The first-order valence-electron chi connectivity index (χ1n) is 12.5. The van der Waals surface area contributed by atoms with Crippen LogP contribution in [0.4, 0.5) is 0 Å². The highest BCUT2D eigenvalue weighted by molar-refractivity contribution is 5.78. The number of carbonyl (C=O) groups excluding carboxylic acids is 2. The number of phenols is 1. The van der Waals surface area contributed by atoms with Gasteiger partial charge in [-0.15, -0.1) is 0 Å². The van der Waals surface area contributed by atoms with Crippen LogP contribution in [0, 0.1) is 6.92 Å². The Labute approximate surface area is 218 Å². The number of benzene rings is 1. The van der Waals surface area contributed by atoms with Gasteiger partial charge in [-0.05, 0) is 67.1 Å². The Morgan fingerprint density at radius 1 is 1.19 bits per heavy atom. The van der Waals surface area contributed by atoms with E-state index in [0.29, 0.717) is 24.2 Å². The normalized spacial score (nSPS) is 15.8. The van der Waals surface area contributed by atoms with Crippen LogP contribution in [0.2, 0.25) is 0 Å². The fourth-order valence-electron chi connectivity index (χ4n) is 3.68. The van der Waals surface area contributed by atoms with Gasteiger partial charge in [0.25, 0.3) is 0 Å². The van der Waals surface area contributed by atoms with Gasteiger partial charge in [0.2, 0.25) is 0 Å². The molecule has 6 heteroatoms. The number of aryl methyl sites for hydroxylation is 1. The molecule has 6 nitrogen and oxygen atoms in total. The van der Waals surface area contributed by atoms with E-state index in [1.54, 1.807) is 6.07 Å². The molecule has 1 fully saturated rings. The second kappa shape index (κ2) is 17.5. The molecule has 0 aliphatic carbocycles. The minimum atomic E-state index is 0.125. The molecule has 0 aromatic heterocycles. The van der Waals surface area contributed by atoms with Crippen molar-refractivity contribution in [2.24, 2.45) is 0 Å². The second-order valence-electron chi connectivity index (χ2n) is 8.74. The number of likely N-dealkylation sites (tertiary alicyclic amines) is 1. The van der Waals surface area contributed by atoms with Gasteiger partial charge in [0.1, 0.15) is 18.3 Å². The molecule has 0 atom stereocenters. The molecular weight excluding hydrogens is 452 g/mol. The highest BCUT2D eigenvalue weighted by Gasteiger charge is 2.24. The summed E-state index contributed by atoms with van der Waals surface area (Å²) >= 11 is 0. The molecule has 2 rings (SSSR count). The molecule has 0 spiro atoms. The molecule has 1 aliphatic heterocycles. The Kier molecular flexibility index (Phi) is 16.0. The Morgan fingerprint density at radius 2 is 1.81 bits per heavy atom. The summed E-state index contributed by atoms with van der Waals surface area (Å²) in [5, 5.41) is 10.4. The van der Waals surface area contributed by atoms with Gasteiger partial charge in [-0.1, -0.05) is 46.8 Å². The molecule has 1 aromatic rings. The standard InChI is InChI=1S/C25H32N2O4.C3H8.C2H6/c1-17-7-8-25(30)23(14-26(3)4)22(17)11-20-13-27(5)24(18(20)2)12-19(9-10-28)21(15-29)16-31-6;1-3-2;1-2/h7-8,10-12,15,30H,2,9,13-14,16H2,1,3-6H3;3H2,1-2H3;1-2H3/b20-11-,21-19+,24-12-;;. The smallest absolute Gasteiger partial charge is 0.148 e. The second-order valence-corrected chi connectivity index (χ2v) is 8.74. The first-order valence-corrected chi connectivity index (χ1v) is 12.5. The van der Waals surface area contributed by atoms with E-state index in [0.717, 1.165) is 46.1 Å². The molecule has 0 radical (unpaired) electrons. The summed E-state index contributed by atoms with van der Waals surface area (Å²) < 4.78 is 5.10. The lowest BCUT2D eigenvalue weighted by Crippen LogP contribution is -2.13. The zero-order valence-corrected chi connectivity index (χ0v) is 23.8. The minimum Gasteiger partial charge on any atom is -0.508 e. The van der Waals surface area contributed by atoms with E-state index < -0.39 is 0 Å². The van der Waals surface area contributed by atoms with Crippen LogP contribution >= 0.6 is 0 Å². The van der Waals surface area contributed by atoms with E-state index >= 15 is 0 Å². The van der Waals surface area contributed by atoms with Gasteiger partial charge in [-0.3, -0.25) is 4.79 Å². The Balaban J connectivity index is 0.00000227. The van der Waals surface area contributed by atoms with E-state index in [2.05, 4.69) is 26.5 Å². The molecule has 1 aromatic carbocycles. The summed E-state index contributed by atoms with van der Waals surface area (Å²) in [6.07, 6.45) is 6.81. The van der Waals surface area contributed by atoms with Crippen LogP contribution in [0.3, 0.4) is 0 Å². The summed E-state index contributed by atoms with van der Waals surface area (Å²) in [4.78, 5) is 26.7. The fourth-order valence-corrected chi connectivity index (χ4v) is 3.68. The number of carbonyl (C=O) groups is 2. The van der Waals surface area contributed by atoms with Crippen LogP contribution in [0.15, 0.2) is 52.8 Å². The summed E-state index contributed by atoms with van der Waals surface area (Å²) in [6.45, 7) is 15.9. The van der Waals surface area contributed by atoms with Gasteiger partial charge in [0.05, 0.1) is 6.61 Å². The lowest BCUT2D eigenvalue weighted by molar-refractivity contribution is -0.107. The van der Waals surface area contributed by atoms with Crippen molar-refractivity contribution >= 4 is 18.6 Å². The summed E-state index contributed by atoms with van der Waals surface area (Å²) in [5.74, 6) is 0.269. The lowest BCUT2D eigenvalue weighted by atomic mass is 9.96. The average Bonchev–Trinajstić information content (AvgIpc) is 3.10. The van der Waals surface area contributed by atoms with Crippen molar-refractivity contribution in [3.05, 3.63) is 69.5 Å². The van der Waals surface area contributed by atoms with Crippen LogP contribution in [0.1, 0.15) is 57.2 Å². The van der Waals surface area contributed by atoms with E-state index in [-0.39, 0.29) is 18.8 Å². The molecule has 200 valence electrons. The number of hydrogen-bond acceptors (Lipinski definition) is 6. The number of methoxy groups -OCH3 is 1. The number of ether oxygens (including phenoxy) is 1. The summed E-state index contributed by atoms with van der Waals surface area (Å²) in [5.41, 5.74) is 6.69. The molecule has 1 heterocycles. The van der Waals surface area contributed by atoms with Crippen LogP contribution in [0.5, 0.6) is 5.75 Å². The van der Waals surface area contributed by atoms with E-state index in [1.165, 1.54) is 13.5 Å². The maximum Gasteiger partial charge on any atom is 0.148 e. The zero-order valence-electron chi connectivity index (χ0n) is 23.8. The van der Waals surface area contributed by atoms with Crippen molar-refractivity contribution < 1.29 is 19.4 Å². The highest BCUT2D eigenvalue weighted by atomic mass is 16.5. The van der Waals surface area contributed by atoms with Gasteiger partial charge >= 0.3 is 0 Å². The van der Waals surface area contributed by atoms with Gasteiger partial charge in [0, 0.05) is 50.5 Å². The Hall–Kier alpha value is -2.96. The van der Waals surface area contributed by atoms with Crippen molar-refractivity contribution in [1.29, 1.82) is 0 Å². The van der Waals surface area contributed by atoms with Crippen LogP contribution < -0.4 is 0 Å². The van der Waals surface area contributed by atoms with Crippen molar-refractivity contribution in [1.82, 2.24) is 9.80 Å². The number of allylic oxidation sites excluding steroid dienone is 3. The number of rotatable bonds is 9. The average molecular weight is 499 g/mol. The Morgan fingerprint density at radius 3 is 2.31 bits per heavy atom. The van der Waals surface area contributed by atoms with Gasteiger partial charge in [-0.2, -0.15) is 0 Å². The number of aldehydes is 2. The fraction of sp³-hybridized carbons (Fsp3) is 0.467. The SMILES string of the molecule is C=C1/C(=C/C(CC=O)=C(\C=O)COC)N(C)C/C1=C/c1c(C)ccc(O)c1CN(C)C.CC.CCC. The first kappa shape index (κ1) is 33.0. The predicted octanol–water partition coefficient (Wildman–Crippen LogP) is 5.70. The first-order chi connectivity index (χ1) is 17.1. The number of hydrogen-bond donors (Lipinski definition) is 1. The minimum absolute atomic E-state index is 0.125. The molecule has 1 N–H and O–H groups in total. The van der Waals surface area contributed by atoms with Gasteiger partial charge in [0.15, 0.2) is 0 Å². The third-order valence-corrected chi connectivity index (χ3v) is 5.33. The third-order valence-electron chi connectivity index (χ3n) is 5.33. The van der Waals surface area contributed by atoms with Crippen molar-refractivity contribution in [3.8, 4) is 5.75 Å². The van der Waals surface area contributed by atoms with Crippen molar-refractivity contribution in [2.75, 3.05) is 41.4 Å². The Bertz CT molecular complexity index is 971. The lowest BCUT2D eigenvalue weighted by Gasteiger charge is -2.16. The van der Waals surface area contributed by atoms with Crippen LogP contribution in [-0.4, -0.2) is 68.9 Å². The molecule has 36 heavy (non-hydrogen) atoms. The molecule has 0 unspecified atom stereocenters. The number of likely N-dealkylation sites (N-methyl/N-ethyl adjacent to an activating group) is 1. The van der Waals surface area contributed by atoms with Crippen LogP contribution in [0.25, 0.3) is 6.08 Å². The van der Waals surface area contributed by atoms with E-state index in [9.17, 15) is 14.7 Å². The highest BCUT2D eigenvalue weighted by Crippen LogP contribution is 2.35. The van der Waals surface area contributed by atoms with Gasteiger partial charge in [-0.25, -0.2) is 0 Å². The van der Waals surface area contributed by atoms with E-state index in [4.69, 9.17) is 4.74 Å². The monoisotopic (exact) mass is 498 g/mol. The molecule has 0 saturated carbocycles. The predicted molar refractivity (Wildman–Crippen MR) is 151 cm³/mol. The zero-order chi connectivity index (χ0) is 27.8. The number of nitrogens with zero attached hydrogens (tertiary/aromatic N) is 2. The van der Waals surface area contributed by atoms with Crippen molar-refractivity contribution in [2.45, 2.75) is 54.0 Å². The molecule has 1 saturated heterocycles. The third kappa shape index (κ3) is 9.59. The molecule has 1 aliphatic rings. The summed E-state index contributed by atoms with van der Waals surface area (Å²) in [6, 6.07) is 3.63. The van der Waals surface area contributed by atoms with Crippen LogP contribution in [-0.2, 0) is 20.9 Å².